The summed E-state index contributed by atoms with van der Waals surface area (Å²) < 4.78 is 25.4. The van der Waals surface area contributed by atoms with Crippen molar-refractivity contribution < 1.29 is 13.6 Å². The molecule has 0 radical (unpaired) electrons. The van der Waals surface area contributed by atoms with E-state index in [4.69, 9.17) is 5.73 Å². The first-order valence-corrected chi connectivity index (χ1v) is 5.05. The van der Waals surface area contributed by atoms with Crippen molar-refractivity contribution in [3.05, 3.63) is 35.4 Å². The Labute approximate surface area is 91.6 Å². The molecule has 0 heterocycles. The number of hydrogen-bond acceptors (Lipinski definition) is 2. The van der Waals surface area contributed by atoms with Crippen molar-refractivity contribution in [3.8, 4) is 0 Å². The van der Waals surface area contributed by atoms with Crippen LogP contribution in [-0.2, 0) is 11.3 Å². The van der Waals surface area contributed by atoms with Gasteiger partial charge in [0.25, 0.3) is 0 Å². The van der Waals surface area contributed by atoms with Gasteiger partial charge in [-0.3, -0.25) is 4.79 Å². The van der Waals surface area contributed by atoms with Gasteiger partial charge in [0.15, 0.2) is 11.6 Å². The summed E-state index contributed by atoms with van der Waals surface area (Å²) in [4.78, 5) is 11.4. The summed E-state index contributed by atoms with van der Waals surface area (Å²) in [5.74, 6) is -2.04. The van der Waals surface area contributed by atoms with E-state index in [0.717, 1.165) is 12.1 Å². The topological polar surface area (TPSA) is 55.1 Å². The fraction of sp³-hybridized carbons (Fsp3) is 0.364. The number of benzene rings is 1. The summed E-state index contributed by atoms with van der Waals surface area (Å²) in [6, 6.07) is 3.50. The molecule has 1 aromatic rings. The first kappa shape index (κ1) is 11.0. The van der Waals surface area contributed by atoms with Gasteiger partial charge < -0.3 is 11.1 Å². The molecule has 86 valence electrons. The van der Waals surface area contributed by atoms with Crippen molar-refractivity contribution in [2.75, 3.05) is 0 Å². The van der Waals surface area contributed by atoms with Crippen LogP contribution in [0.3, 0.4) is 0 Å². The Kier molecular flexibility index (Phi) is 2.87. The smallest absolute Gasteiger partial charge is 0.225 e. The van der Waals surface area contributed by atoms with Gasteiger partial charge in [0.05, 0.1) is 5.92 Å². The van der Waals surface area contributed by atoms with E-state index in [1.54, 1.807) is 0 Å². The monoisotopic (exact) mass is 226 g/mol. The van der Waals surface area contributed by atoms with E-state index in [1.807, 2.05) is 0 Å². The maximum atomic E-state index is 12.8. The lowest BCUT2D eigenvalue weighted by Crippen LogP contribution is -2.26. The molecule has 0 saturated heterocycles. The third kappa shape index (κ3) is 2.36. The minimum atomic E-state index is -0.908. The molecule has 2 atom stereocenters. The molecule has 2 unspecified atom stereocenters. The average Bonchev–Trinajstić information content (AvgIpc) is 2.97. The number of carbonyl (C=O) groups excluding carboxylic acids is 1. The van der Waals surface area contributed by atoms with Gasteiger partial charge in [0.1, 0.15) is 0 Å². The molecule has 1 fully saturated rings. The molecule has 1 aliphatic rings. The second-order valence-corrected chi connectivity index (χ2v) is 3.97. The largest absolute Gasteiger partial charge is 0.352 e. The molecule has 16 heavy (non-hydrogen) atoms. The van der Waals surface area contributed by atoms with Gasteiger partial charge >= 0.3 is 0 Å². The average molecular weight is 226 g/mol. The van der Waals surface area contributed by atoms with Crippen LogP contribution in [0.5, 0.6) is 0 Å². The summed E-state index contributed by atoms with van der Waals surface area (Å²) in [7, 11) is 0. The second-order valence-electron chi connectivity index (χ2n) is 3.97. The third-order valence-corrected chi connectivity index (χ3v) is 2.63. The normalized spacial score (nSPS) is 22.9. The highest BCUT2D eigenvalue weighted by molar-refractivity contribution is 5.82. The number of amides is 1. The first-order valence-electron chi connectivity index (χ1n) is 5.05. The molecule has 3 nitrogen and oxygen atoms in total. The van der Waals surface area contributed by atoms with Gasteiger partial charge in [-0.1, -0.05) is 6.07 Å². The zero-order chi connectivity index (χ0) is 11.7. The summed E-state index contributed by atoms with van der Waals surface area (Å²) in [5, 5.41) is 2.63. The summed E-state index contributed by atoms with van der Waals surface area (Å²) >= 11 is 0. The van der Waals surface area contributed by atoms with Crippen molar-refractivity contribution in [2.24, 2.45) is 11.7 Å². The highest BCUT2D eigenvalue weighted by Gasteiger charge is 2.39. The Balaban J connectivity index is 1.89. The molecule has 0 spiro atoms. The maximum absolute atomic E-state index is 12.8. The Morgan fingerprint density at radius 1 is 1.44 bits per heavy atom. The molecule has 5 heteroatoms. The van der Waals surface area contributed by atoms with Crippen molar-refractivity contribution in [1.29, 1.82) is 0 Å². The van der Waals surface area contributed by atoms with Crippen LogP contribution in [0.4, 0.5) is 8.78 Å². The molecule has 1 aliphatic carbocycles. The van der Waals surface area contributed by atoms with Crippen LogP contribution in [0.15, 0.2) is 18.2 Å². The predicted molar refractivity (Wildman–Crippen MR) is 54.3 cm³/mol. The van der Waals surface area contributed by atoms with Gasteiger partial charge in [0.2, 0.25) is 5.91 Å². The SMILES string of the molecule is NC1CC1C(=O)NCc1ccc(F)c(F)c1. The molecule has 1 aromatic carbocycles. The first-order chi connectivity index (χ1) is 7.58. The van der Waals surface area contributed by atoms with Crippen LogP contribution >= 0.6 is 0 Å². The molecule has 1 saturated carbocycles. The minimum Gasteiger partial charge on any atom is -0.352 e. The number of nitrogens with two attached hydrogens (primary N) is 1. The molecule has 0 aliphatic heterocycles. The zero-order valence-electron chi connectivity index (χ0n) is 8.54. The Morgan fingerprint density at radius 3 is 2.69 bits per heavy atom. The second kappa shape index (κ2) is 4.17. The van der Waals surface area contributed by atoms with Crippen LogP contribution in [0.1, 0.15) is 12.0 Å². The third-order valence-electron chi connectivity index (χ3n) is 2.63. The Hall–Kier alpha value is -1.49. The van der Waals surface area contributed by atoms with E-state index in [0.29, 0.717) is 12.0 Å². The van der Waals surface area contributed by atoms with Gasteiger partial charge in [-0.05, 0) is 24.1 Å². The van der Waals surface area contributed by atoms with Crippen molar-refractivity contribution in [1.82, 2.24) is 5.32 Å². The lowest BCUT2D eigenvalue weighted by atomic mass is 10.2. The van der Waals surface area contributed by atoms with Crippen LogP contribution < -0.4 is 11.1 Å². The summed E-state index contributed by atoms with van der Waals surface area (Å²) in [6.07, 6.45) is 0.698. The number of hydrogen-bond donors (Lipinski definition) is 2. The molecule has 2 rings (SSSR count). The fourth-order valence-corrected chi connectivity index (χ4v) is 1.49. The maximum Gasteiger partial charge on any atom is 0.225 e. The van der Waals surface area contributed by atoms with E-state index in [9.17, 15) is 13.6 Å². The Bertz CT molecular complexity index is 422. The van der Waals surface area contributed by atoms with E-state index in [2.05, 4.69) is 5.32 Å². The van der Waals surface area contributed by atoms with E-state index < -0.39 is 11.6 Å². The van der Waals surface area contributed by atoms with Crippen molar-refractivity contribution in [2.45, 2.75) is 19.0 Å². The lowest BCUT2D eigenvalue weighted by molar-refractivity contribution is -0.122. The minimum absolute atomic E-state index is 0.0510. The van der Waals surface area contributed by atoms with Crippen LogP contribution in [0.2, 0.25) is 0 Å². The molecule has 1 amide bonds. The van der Waals surface area contributed by atoms with Crippen LogP contribution in [0.25, 0.3) is 0 Å². The van der Waals surface area contributed by atoms with Crippen LogP contribution in [0, 0.1) is 17.6 Å². The highest BCUT2D eigenvalue weighted by atomic mass is 19.2. The predicted octanol–water partition coefficient (Wildman–Crippen LogP) is 0.928. The zero-order valence-corrected chi connectivity index (χ0v) is 8.54. The highest BCUT2D eigenvalue weighted by Crippen LogP contribution is 2.27. The van der Waals surface area contributed by atoms with E-state index in [-0.39, 0.29) is 24.4 Å². The van der Waals surface area contributed by atoms with Crippen molar-refractivity contribution >= 4 is 5.91 Å². The number of nitrogens with one attached hydrogen (secondary N) is 1. The molecular formula is C11H12F2N2O. The number of rotatable bonds is 3. The standard InChI is InChI=1S/C11H12F2N2O/c12-8-2-1-6(3-9(8)13)5-15-11(16)7-4-10(7)14/h1-3,7,10H,4-5,14H2,(H,15,16). The Morgan fingerprint density at radius 2 is 2.12 bits per heavy atom. The van der Waals surface area contributed by atoms with Gasteiger partial charge in [0, 0.05) is 12.6 Å². The van der Waals surface area contributed by atoms with E-state index >= 15 is 0 Å². The summed E-state index contributed by atoms with van der Waals surface area (Å²) in [6.45, 7) is 0.194. The number of carbonyl (C=O) groups is 1. The molecule has 0 aromatic heterocycles. The fourth-order valence-electron chi connectivity index (χ4n) is 1.49. The van der Waals surface area contributed by atoms with Gasteiger partial charge in [-0.2, -0.15) is 0 Å². The van der Waals surface area contributed by atoms with Gasteiger partial charge in [-0.25, -0.2) is 8.78 Å². The van der Waals surface area contributed by atoms with Crippen molar-refractivity contribution in [3.63, 3.8) is 0 Å². The molecule has 0 bridgehead atoms. The summed E-state index contributed by atoms with van der Waals surface area (Å²) in [5.41, 5.74) is 6.04. The molecule has 3 N–H and O–H groups in total. The van der Waals surface area contributed by atoms with E-state index in [1.165, 1.54) is 6.07 Å². The molecular weight excluding hydrogens is 214 g/mol. The number of halogens is 2. The lowest BCUT2D eigenvalue weighted by Gasteiger charge is -2.04. The quantitative estimate of drug-likeness (QED) is 0.805. The van der Waals surface area contributed by atoms with Crippen LogP contribution in [-0.4, -0.2) is 11.9 Å². The van der Waals surface area contributed by atoms with Gasteiger partial charge in [-0.15, -0.1) is 0 Å².